The van der Waals surface area contributed by atoms with Crippen LogP contribution in [0, 0.1) is 0 Å². The third-order valence-electron chi connectivity index (χ3n) is 7.83. The Morgan fingerprint density at radius 3 is 1.98 bits per heavy atom. The van der Waals surface area contributed by atoms with E-state index in [4.69, 9.17) is 4.42 Å². The van der Waals surface area contributed by atoms with Gasteiger partial charge < -0.3 is 19.1 Å². The van der Waals surface area contributed by atoms with E-state index >= 15 is 0 Å². The third-order valence-corrected chi connectivity index (χ3v) is 7.83. The first-order chi connectivity index (χ1) is 22.0. The average Bonchev–Trinajstić information content (AvgIpc) is 3.53. The predicted molar refractivity (Wildman–Crippen MR) is 178 cm³/mol. The van der Waals surface area contributed by atoms with Crippen molar-refractivity contribution in [2.24, 2.45) is 0 Å². The van der Waals surface area contributed by atoms with Gasteiger partial charge in [-0.1, -0.05) is 17.3 Å². The van der Waals surface area contributed by atoms with Crippen LogP contribution in [0.5, 0.6) is 0 Å². The van der Waals surface area contributed by atoms with Gasteiger partial charge in [0.2, 0.25) is 0 Å². The van der Waals surface area contributed by atoms with Gasteiger partial charge in [0, 0.05) is 61.0 Å². The lowest BCUT2D eigenvalue weighted by molar-refractivity contribution is 0.550. The van der Waals surface area contributed by atoms with Crippen molar-refractivity contribution in [3.8, 4) is 5.69 Å². The summed E-state index contributed by atoms with van der Waals surface area (Å²) in [6, 6.07) is 28.1. The Kier molecular flexibility index (Phi) is 8.81. The second-order valence-electron chi connectivity index (χ2n) is 10.8. The maximum absolute atomic E-state index is 12.9. The van der Waals surface area contributed by atoms with Gasteiger partial charge in [0.15, 0.2) is 5.69 Å². The maximum Gasteiger partial charge on any atom is 0.362 e. The largest absolute Gasteiger partial charge is 0.421 e. The van der Waals surface area contributed by atoms with Crippen LogP contribution in [0.3, 0.4) is 0 Å². The Morgan fingerprint density at radius 2 is 1.36 bits per heavy atom. The standard InChI is InChI=1S/C35H36N8O2/c1-4-41(5-2)32-13-12-26-20-33(35(44)45-34(26)21-32)43-25-29(38-39-43)22-40(3)30-14-16-31(17-15-30)42(23-27-10-6-8-18-36-27)24-28-11-7-9-19-37-28/h6-21,25H,4-5,22-24H2,1-3H3. The lowest BCUT2D eigenvalue weighted by atomic mass is 10.2. The van der Waals surface area contributed by atoms with E-state index in [1.165, 1.54) is 4.68 Å². The number of hydrogen-bond donors (Lipinski definition) is 0. The lowest BCUT2D eigenvalue weighted by Gasteiger charge is -2.25. The smallest absolute Gasteiger partial charge is 0.362 e. The van der Waals surface area contributed by atoms with Crippen LogP contribution in [0.15, 0.2) is 113 Å². The second kappa shape index (κ2) is 13.4. The summed E-state index contributed by atoms with van der Waals surface area (Å²) in [6.07, 6.45) is 5.41. The summed E-state index contributed by atoms with van der Waals surface area (Å²) in [6.45, 7) is 7.79. The number of nitrogens with zero attached hydrogens (tertiary/aromatic N) is 8. The molecule has 0 bridgehead atoms. The number of aromatic nitrogens is 5. The highest BCUT2D eigenvalue weighted by Gasteiger charge is 2.15. The Morgan fingerprint density at radius 1 is 0.711 bits per heavy atom. The van der Waals surface area contributed by atoms with Crippen molar-refractivity contribution < 1.29 is 4.42 Å². The van der Waals surface area contributed by atoms with Crippen LogP contribution in [0.2, 0.25) is 0 Å². The average molecular weight is 601 g/mol. The van der Waals surface area contributed by atoms with E-state index < -0.39 is 5.63 Å². The normalized spacial score (nSPS) is 11.1. The SMILES string of the molecule is CCN(CC)c1ccc2cc(-n3cc(CN(C)c4ccc(N(Cc5ccccn5)Cc5ccccn5)cc4)nn3)c(=O)oc2c1. The Labute approximate surface area is 262 Å². The first-order valence-corrected chi connectivity index (χ1v) is 15.1. The summed E-state index contributed by atoms with van der Waals surface area (Å²) in [5.41, 5.74) is 6.24. The van der Waals surface area contributed by atoms with E-state index in [9.17, 15) is 4.79 Å². The first-order valence-electron chi connectivity index (χ1n) is 15.1. The minimum atomic E-state index is -0.458. The molecule has 0 aliphatic heterocycles. The maximum atomic E-state index is 12.9. The number of pyridine rings is 2. The predicted octanol–water partition coefficient (Wildman–Crippen LogP) is 5.85. The van der Waals surface area contributed by atoms with Crippen molar-refractivity contribution in [1.82, 2.24) is 25.0 Å². The summed E-state index contributed by atoms with van der Waals surface area (Å²) in [5, 5.41) is 9.41. The summed E-state index contributed by atoms with van der Waals surface area (Å²) >= 11 is 0. The topological polar surface area (TPSA) is 96.4 Å². The molecule has 0 saturated carbocycles. The number of fused-ring (bicyclic) bond motifs is 1. The van der Waals surface area contributed by atoms with Gasteiger partial charge >= 0.3 is 5.63 Å². The van der Waals surface area contributed by atoms with Crippen LogP contribution in [0.1, 0.15) is 30.9 Å². The minimum Gasteiger partial charge on any atom is -0.421 e. The van der Waals surface area contributed by atoms with Crippen molar-refractivity contribution >= 4 is 28.0 Å². The van der Waals surface area contributed by atoms with Gasteiger partial charge in [-0.3, -0.25) is 9.97 Å². The number of rotatable bonds is 12. The highest BCUT2D eigenvalue weighted by atomic mass is 16.4. The van der Waals surface area contributed by atoms with Crippen LogP contribution in [-0.4, -0.2) is 45.1 Å². The molecule has 228 valence electrons. The van der Waals surface area contributed by atoms with Crippen LogP contribution in [0.4, 0.5) is 17.1 Å². The fraction of sp³-hybridized carbons (Fsp3) is 0.229. The molecule has 45 heavy (non-hydrogen) atoms. The van der Waals surface area contributed by atoms with Crippen LogP contribution in [-0.2, 0) is 19.6 Å². The molecule has 0 atom stereocenters. The highest BCUT2D eigenvalue weighted by Crippen LogP contribution is 2.25. The summed E-state index contributed by atoms with van der Waals surface area (Å²) in [5.74, 6) is 0. The van der Waals surface area contributed by atoms with E-state index in [1.807, 2.05) is 74.0 Å². The molecule has 0 saturated heterocycles. The van der Waals surface area contributed by atoms with Gasteiger partial charge in [0.1, 0.15) is 11.3 Å². The van der Waals surface area contributed by atoms with Gasteiger partial charge in [0.05, 0.1) is 37.2 Å². The van der Waals surface area contributed by atoms with Crippen LogP contribution >= 0.6 is 0 Å². The molecule has 2 aromatic carbocycles. The van der Waals surface area contributed by atoms with Crippen LogP contribution in [0.25, 0.3) is 16.7 Å². The number of hydrogen-bond acceptors (Lipinski definition) is 9. The Hall–Kier alpha value is -5.51. The monoisotopic (exact) mass is 600 g/mol. The van der Waals surface area contributed by atoms with Gasteiger partial charge in [0.25, 0.3) is 0 Å². The number of benzene rings is 2. The Bertz CT molecular complexity index is 1860. The molecular weight excluding hydrogens is 564 g/mol. The zero-order valence-electron chi connectivity index (χ0n) is 25.7. The highest BCUT2D eigenvalue weighted by molar-refractivity contribution is 5.82. The molecule has 0 unspecified atom stereocenters. The van der Waals surface area contributed by atoms with Crippen molar-refractivity contribution in [1.29, 1.82) is 0 Å². The van der Waals surface area contributed by atoms with E-state index in [0.29, 0.717) is 30.9 Å². The molecule has 10 nitrogen and oxygen atoms in total. The third kappa shape index (κ3) is 6.85. The number of anilines is 3. The molecule has 4 heterocycles. The van der Waals surface area contributed by atoms with E-state index in [2.05, 4.69) is 73.1 Å². The fourth-order valence-corrected chi connectivity index (χ4v) is 5.39. The molecule has 0 spiro atoms. The fourth-order valence-electron chi connectivity index (χ4n) is 5.39. The molecule has 6 aromatic rings. The zero-order chi connectivity index (χ0) is 31.2. The van der Waals surface area contributed by atoms with Crippen molar-refractivity contribution in [2.45, 2.75) is 33.5 Å². The lowest BCUT2D eigenvalue weighted by Crippen LogP contribution is -2.23. The molecule has 4 aromatic heterocycles. The molecule has 10 heteroatoms. The molecule has 0 amide bonds. The van der Waals surface area contributed by atoms with E-state index in [0.717, 1.165) is 52.6 Å². The van der Waals surface area contributed by atoms with Gasteiger partial charge in [-0.15, -0.1) is 5.10 Å². The van der Waals surface area contributed by atoms with Gasteiger partial charge in [-0.25, -0.2) is 9.48 Å². The molecule has 6 rings (SSSR count). The zero-order valence-corrected chi connectivity index (χ0v) is 25.7. The minimum absolute atomic E-state index is 0.324. The van der Waals surface area contributed by atoms with E-state index in [-0.39, 0.29) is 0 Å². The van der Waals surface area contributed by atoms with Gasteiger partial charge in [-0.05, 0) is 80.6 Å². The summed E-state index contributed by atoms with van der Waals surface area (Å²) in [7, 11) is 2.01. The molecule has 0 radical (unpaired) electrons. The van der Waals surface area contributed by atoms with E-state index in [1.54, 1.807) is 12.3 Å². The van der Waals surface area contributed by atoms with Crippen molar-refractivity contribution in [3.05, 3.63) is 131 Å². The van der Waals surface area contributed by atoms with Crippen molar-refractivity contribution in [3.63, 3.8) is 0 Å². The van der Waals surface area contributed by atoms with Crippen LogP contribution < -0.4 is 20.3 Å². The molecule has 0 aliphatic rings. The first kappa shape index (κ1) is 29.6. The summed E-state index contributed by atoms with van der Waals surface area (Å²) in [4.78, 5) is 28.6. The Balaban J connectivity index is 1.17. The van der Waals surface area contributed by atoms with Gasteiger partial charge in [-0.2, -0.15) is 0 Å². The summed E-state index contributed by atoms with van der Waals surface area (Å²) < 4.78 is 7.19. The molecular formula is C35H36N8O2. The quantitative estimate of drug-likeness (QED) is 0.160. The second-order valence-corrected chi connectivity index (χ2v) is 10.8. The molecule has 0 aliphatic carbocycles. The molecule has 0 N–H and O–H groups in total. The molecule has 0 fully saturated rings. The van der Waals surface area contributed by atoms with Crippen molar-refractivity contribution in [2.75, 3.05) is 34.8 Å².